The molecule has 0 radical (unpaired) electrons. The molecular formula is C21H22N2O2S. The van der Waals surface area contributed by atoms with E-state index in [4.69, 9.17) is 0 Å². The Kier molecular flexibility index (Phi) is 5.28. The number of benzene rings is 3. The zero-order valence-electron chi connectivity index (χ0n) is 14.9. The largest absolute Gasteiger partial charge is 0.381 e. The van der Waals surface area contributed by atoms with E-state index in [-0.39, 0.29) is 4.90 Å². The van der Waals surface area contributed by atoms with Crippen LogP contribution in [0.3, 0.4) is 0 Å². The highest BCUT2D eigenvalue weighted by Crippen LogP contribution is 2.19. The molecule has 0 bridgehead atoms. The van der Waals surface area contributed by atoms with E-state index in [2.05, 4.69) is 35.2 Å². The lowest BCUT2D eigenvalue weighted by molar-refractivity contribution is 0.601. The summed E-state index contributed by atoms with van der Waals surface area (Å²) in [5, 5.41) is 3.34. The summed E-state index contributed by atoms with van der Waals surface area (Å²) in [6.45, 7) is 4.71. The van der Waals surface area contributed by atoms with Crippen LogP contribution in [-0.4, -0.2) is 8.42 Å². The predicted octanol–water partition coefficient (Wildman–Crippen LogP) is 4.72. The summed E-state index contributed by atoms with van der Waals surface area (Å²) < 4.78 is 27.4. The smallest absolute Gasteiger partial charge is 0.261 e. The van der Waals surface area contributed by atoms with Crippen LogP contribution in [0.4, 0.5) is 11.4 Å². The average Bonchev–Trinajstić information content (AvgIpc) is 2.61. The molecule has 0 heterocycles. The quantitative estimate of drug-likeness (QED) is 0.664. The third-order valence-electron chi connectivity index (χ3n) is 4.05. The molecule has 134 valence electrons. The van der Waals surface area contributed by atoms with Crippen LogP contribution >= 0.6 is 0 Å². The van der Waals surface area contributed by atoms with Gasteiger partial charge in [0, 0.05) is 17.9 Å². The minimum absolute atomic E-state index is 0.254. The van der Waals surface area contributed by atoms with Gasteiger partial charge in [-0.05, 0) is 55.8 Å². The first-order chi connectivity index (χ1) is 12.4. The summed E-state index contributed by atoms with van der Waals surface area (Å²) in [6, 6.07) is 22.3. The Bertz CT molecular complexity index is 979. The Morgan fingerprint density at radius 2 is 1.42 bits per heavy atom. The molecule has 2 N–H and O–H groups in total. The van der Waals surface area contributed by atoms with E-state index in [9.17, 15) is 8.42 Å². The lowest BCUT2D eigenvalue weighted by atomic mass is 10.1. The highest BCUT2D eigenvalue weighted by atomic mass is 32.2. The van der Waals surface area contributed by atoms with Gasteiger partial charge in [0.2, 0.25) is 0 Å². The van der Waals surface area contributed by atoms with E-state index in [1.807, 2.05) is 25.1 Å². The van der Waals surface area contributed by atoms with Crippen LogP contribution < -0.4 is 10.0 Å². The molecule has 5 heteroatoms. The molecule has 26 heavy (non-hydrogen) atoms. The highest BCUT2D eigenvalue weighted by molar-refractivity contribution is 7.92. The Morgan fingerprint density at radius 1 is 0.769 bits per heavy atom. The van der Waals surface area contributed by atoms with Gasteiger partial charge in [0.05, 0.1) is 4.90 Å². The van der Waals surface area contributed by atoms with E-state index in [1.54, 1.807) is 36.4 Å². The number of nitrogens with one attached hydrogen (secondary N) is 2. The van der Waals surface area contributed by atoms with Crippen molar-refractivity contribution >= 4 is 21.4 Å². The number of aryl methyl sites for hydroxylation is 2. The van der Waals surface area contributed by atoms with Crippen LogP contribution in [0.25, 0.3) is 0 Å². The fourth-order valence-electron chi connectivity index (χ4n) is 2.61. The van der Waals surface area contributed by atoms with Crippen molar-refractivity contribution in [3.8, 4) is 0 Å². The molecule has 3 rings (SSSR count). The van der Waals surface area contributed by atoms with Crippen molar-refractivity contribution in [3.05, 3.63) is 89.5 Å². The molecule has 3 aromatic carbocycles. The Labute approximate surface area is 155 Å². The molecule has 0 amide bonds. The van der Waals surface area contributed by atoms with Gasteiger partial charge in [-0.3, -0.25) is 4.72 Å². The van der Waals surface area contributed by atoms with Gasteiger partial charge in [-0.2, -0.15) is 0 Å². The van der Waals surface area contributed by atoms with Crippen molar-refractivity contribution in [3.63, 3.8) is 0 Å². The molecule has 3 aromatic rings. The lowest BCUT2D eigenvalue weighted by Gasteiger charge is -2.10. The first-order valence-corrected chi connectivity index (χ1v) is 9.90. The van der Waals surface area contributed by atoms with Crippen LogP contribution in [0.15, 0.2) is 77.7 Å². The summed E-state index contributed by atoms with van der Waals surface area (Å²) in [6.07, 6.45) is 0. The third kappa shape index (κ3) is 4.64. The summed E-state index contributed by atoms with van der Waals surface area (Å²) in [5.41, 5.74) is 4.92. The maximum absolute atomic E-state index is 12.4. The molecule has 0 fully saturated rings. The van der Waals surface area contributed by atoms with Crippen LogP contribution in [0, 0.1) is 13.8 Å². The van der Waals surface area contributed by atoms with Gasteiger partial charge in [-0.15, -0.1) is 0 Å². The Balaban J connectivity index is 1.64. The van der Waals surface area contributed by atoms with Gasteiger partial charge in [0.25, 0.3) is 10.0 Å². The van der Waals surface area contributed by atoms with Gasteiger partial charge in [-0.1, -0.05) is 47.5 Å². The number of hydrogen-bond acceptors (Lipinski definition) is 3. The number of hydrogen-bond donors (Lipinski definition) is 2. The van der Waals surface area contributed by atoms with Crippen molar-refractivity contribution in [1.29, 1.82) is 0 Å². The minimum Gasteiger partial charge on any atom is -0.381 e. The second kappa shape index (κ2) is 7.62. The van der Waals surface area contributed by atoms with E-state index in [0.29, 0.717) is 5.69 Å². The van der Waals surface area contributed by atoms with Crippen molar-refractivity contribution in [2.45, 2.75) is 25.3 Å². The molecule has 0 saturated carbocycles. The summed E-state index contributed by atoms with van der Waals surface area (Å²) in [5.74, 6) is 0. The van der Waals surface area contributed by atoms with Crippen molar-refractivity contribution in [2.24, 2.45) is 0 Å². The zero-order chi connectivity index (χ0) is 18.6. The Hall–Kier alpha value is -2.79. The fraction of sp³-hybridized carbons (Fsp3) is 0.143. The predicted molar refractivity (Wildman–Crippen MR) is 107 cm³/mol. The molecule has 0 saturated heterocycles. The standard InChI is InChI=1S/C21H22N2O2S/c1-16-6-12-21(13-7-16)26(24,25)23-20-10-8-19(9-11-20)22-15-18-5-3-4-17(2)14-18/h3-14,22-23H,15H2,1-2H3. The second-order valence-corrected chi connectivity index (χ2v) is 8.02. The van der Waals surface area contributed by atoms with Crippen LogP contribution in [0.2, 0.25) is 0 Å². The van der Waals surface area contributed by atoms with Crippen LogP contribution in [0.5, 0.6) is 0 Å². The Morgan fingerprint density at radius 3 is 2.08 bits per heavy atom. The first kappa shape index (κ1) is 18.0. The number of anilines is 2. The summed E-state index contributed by atoms with van der Waals surface area (Å²) in [4.78, 5) is 0.254. The third-order valence-corrected chi connectivity index (χ3v) is 5.44. The van der Waals surface area contributed by atoms with Crippen LogP contribution in [-0.2, 0) is 16.6 Å². The topological polar surface area (TPSA) is 58.2 Å². The maximum atomic E-state index is 12.4. The van der Waals surface area contributed by atoms with E-state index < -0.39 is 10.0 Å². The lowest BCUT2D eigenvalue weighted by Crippen LogP contribution is -2.12. The van der Waals surface area contributed by atoms with Crippen molar-refractivity contribution in [2.75, 3.05) is 10.0 Å². The van der Waals surface area contributed by atoms with Crippen LogP contribution in [0.1, 0.15) is 16.7 Å². The molecule has 0 aliphatic carbocycles. The molecule has 0 aliphatic rings. The fourth-order valence-corrected chi connectivity index (χ4v) is 3.67. The van der Waals surface area contributed by atoms with E-state index in [0.717, 1.165) is 17.8 Å². The van der Waals surface area contributed by atoms with Gasteiger partial charge in [0.15, 0.2) is 0 Å². The van der Waals surface area contributed by atoms with Gasteiger partial charge < -0.3 is 5.32 Å². The molecule has 0 spiro atoms. The molecule has 0 unspecified atom stereocenters. The average molecular weight is 366 g/mol. The van der Waals surface area contributed by atoms with E-state index >= 15 is 0 Å². The molecule has 4 nitrogen and oxygen atoms in total. The normalized spacial score (nSPS) is 11.2. The maximum Gasteiger partial charge on any atom is 0.261 e. The molecular weight excluding hydrogens is 344 g/mol. The summed E-state index contributed by atoms with van der Waals surface area (Å²) in [7, 11) is -3.57. The first-order valence-electron chi connectivity index (χ1n) is 8.41. The highest BCUT2D eigenvalue weighted by Gasteiger charge is 2.13. The number of rotatable bonds is 6. The second-order valence-electron chi connectivity index (χ2n) is 6.34. The van der Waals surface area contributed by atoms with Gasteiger partial charge in [-0.25, -0.2) is 8.42 Å². The van der Waals surface area contributed by atoms with Gasteiger partial charge in [0.1, 0.15) is 0 Å². The van der Waals surface area contributed by atoms with Gasteiger partial charge >= 0.3 is 0 Å². The SMILES string of the molecule is Cc1ccc(S(=O)(=O)Nc2ccc(NCc3cccc(C)c3)cc2)cc1. The van der Waals surface area contributed by atoms with Crippen molar-refractivity contribution < 1.29 is 8.42 Å². The molecule has 0 aliphatic heterocycles. The summed E-state index contributed by atoms with van der Waals surface area (Å²) >= 11 is 0. The number of sulfonamides is 1. The molecule has 0 aromatic heterocycles. The minimum atomic E-state index is -3.57. The monoisotopic (exact) mass is 366 g/mol. The molecule has 0 atom stereocenters. The zero-order valence-corrected chi connectivity index (χ0v) is 15.7. The van der Waals surface area contributed by atoms with E-state index in [1.165, 1.54) is 11.1 Å². The van der Waals surface area contributed by atoms with Crippen molar-refractivity contribution in [1.82, 2.24) is 0 Å².